The molecule has 1 aromatic carbocycles. The number of nitrogens with zero attached hydrogens (tertiary/aromatic N) is 3. The number of carbonyl (C=O) groups is 2. The van der Waals surface area contributed by atoms with Crippen LogP contribution in [0.15, 0.2) is 18.2 Å². The number of carbonyl (C=O) groups excluding carboxylic acids is 1. The highest BCUT2D eigenvalue weighted by Gasteiger charge is 2.26. The summed E-state index contributed by atoms with van der Waals surface area (Å²) in [7, 11) is 0. The summed E-state index contributed by atoms with van der Waals surface area (Å²) in [6.07, 6.45) is 0.614. The fourth-order valence-corrected chi connectivity index (χ4v) is 2.08. The van der Waals surface area contributed by atoms with Gasteiger partial charge in [0.2, 0.25) is 0 Å². The topological polar surface area (TPSA) is 105 Å². The first-order valence-corrected chi connectivity index (χ1v) is 6.23. The monoisotopic (exact) mass is 289 g/mol. The molecule has 110 valence electrons. The number of phenols is 1. The van der Waals surface area contributed by atoms with Crippen LogP contribution >= 0.6 is 0 Å². The normalized spacial score (nSPS) is 11.4. The second kappa shape index (κ2) is 5.01. The van der Waals surface area contributed by atoms with Crippen LogP contribution in [0.4, 0.5) is 0 Å². The van der Waals surface area contributed by atoms with E-state index in [0.717, 1.165) is 0 Å². The Morgan fingerprint density at radius 3 is 2.52 bits per heavy atom. The summed E-state index contributed by atoms with van der Waals surface area (Å²) in [5.41, 5.74) is 0.527. The van der Waals surface area contributed by atoms with Gasteiger partial charge >= 0.3 is 5.97 Å². The van der Waals surface area contributed by atoms with Crippen molar-refractivity contribution in [2.75, 3.05) is 0 Å². The molecule has 0 aliphatic heterocycles. The predicted octanol–water partition coefficient (Wildman–Crippen LogP) is 1.78. The quantitative estimate of drug-likeness (QED) is 0.834. The van der Waals surface area contributed by atoms with Crippen LogP contribution in [0.3, 0.4) is 0 Å². The van der Waals surface area contributed by atoms with Gasteiger partial charge in [-0.15, -0.1) is 5.10 Å². The van der Waals surface area contributed by atoms with Gasteiger partial charge in [0.25, 0.3) is 0 Å². The van der Waals surface area contributed by atoms with Gasteiger partial charge in [-0.1, -0.05) is 26.0 Å². The second-order valence-corrected chi connectivity index (χ2v) is 5.61. The lowest BCUT2D eigenvalue weighted by molar-refractivity contribution is 0.0693. The van der Waals surface area contributed by atoms with Gasteiger partial charge in [0.15, 0.2) is 6.29 Å². The molecule has 0 saturated carbocycles. The number of hydrogen-bond donors (Lipinski definition) is 2. The third kappa shape index (κ3) is 2.62. The Kier molecular flexibility index (Phi) is 3.51. The number of aromatic nitrogens is 3. The molecule has 0 fully saturated rings. The Balaban J connectivity index is 2.68. The summed E-state index contributed by atoms with van der Waals surface area (Å²) in [4.78, 5) is 22.2. The molecule has 7 heteroatoms. The zero-order chi connectivity index (χ0) is 15.8. The van der Waals surface area contributed by atoms with Crippen molar-refractivity contribution >= 4 is 12.3 Å². The van der Waals surface area contributed by atoms with E-state index in [1.165, 1.54) is 22.9 Å². The van der Waals surface area contributed by atoms with Crippen LogP contribution in [-0.2, 0) is 5.41 Å². The maximum absolute atomic E-state index is 11.1. The molecule has 0 atom stereocenters. The zero-order valence-corrected chi connectivity index (χ0v) is 11.9. The molecule has 21 heavy (non-hydrogen) atoms. The van der Waals surface area contributed by atoms with E-state index in [2.05, 4.69) is 10.3 Å². The minimum atomic E-state index is -1.25. The van der Waals surface area contributed by atoms with Gasteiger partial charge in [-0.05, 0) is 18.2 Å². The first kappa shape index (κ1) is 14.7. The van der Waals surface area contributed by atoms with Crippen molar-refractivity contribution in [1.29, 1.82) is 0 Å². The number of carboxylic acids is 1. The van der Waals surface area contributed by atoms with Gasteiger partial charge in [-0.2, -0.15) is 0 Å². The van der Waals surface area contributed by atoms with E-state index in [9.17, 15) is 14.7 Å². The molecule has 0 amide bonds. The molecule has 0 bridgehead atoms. The minimum absolute atomic E-state index is 0.201. The molecular weight excluding hydrogens is 274 g/mol. The van der Waals surface area contributed by atoms with Crippen molar-refractivity contribution in [3.05, 3.63) is 35.2 Å². The summed E-state index contributed by atoms with van der Waals surface area (Å²) >= 11 is 0. The first-order valence-electron chi connectivity index (χ1n) is 6.23. The fourth-order valence-electron chi connectivity index (χ4n) is 2.08. The number of rotatable bonds is 3. The summed E-state index contributed by atoms with van der Waals surface area (Å²) in [6, 6.07) is 4.07. The molecular formula is C14H15N3O4. The van der Waals surface area contributed by atoms with E-state index in [1.54, 1.807) is 0 Å². The van der Waals surface area contributed by atoms with E-state index in [1.807, 2.05) is 20.8 Å². The lowest BCUT2D eigenvalue weighted by atomic mass is 9.90. The van der Waals surface area contributed by atoms with Crippen molar-refractivity contribution in [3.8, 4) is 11.4 Å². The molecule has 7 nitrogen and oxygen atoms in total. The maximum Gasteiger partial charge on any atom is 0.339 e. The van der Waals surface area contributed by atoms with Crippen LogP contribution in [0.5, 0.6) is 5.75 Å². The predicted molar refractivity (Wildman–Crippen MR) is 74.1 cm³/mol. The van der Waals surface area contributed by atoms with Crippen molar-refractivity contribution in [3.63, 3.8) is 0 Å². The summed E-state index contributed by atoms with van der Waals surface area (Å²) in [5, 5.41) is 26.3. The Labute approximate surface area is 120 Å². The van der Waals surface area contributed by atoms with Gasteiger partial charge in [-0.3, -0.25) is 4.79 Å². The molecule has 0 saturated heterocycles. The molecule has 0 unspecified atom stereocenters. The van der Waals surface area contributed by atoms with Gasteiger partial charge < -0.3 is 10.2 Å². The van der Waals surface area contributed by atoms with Crippen LogP contribution in [0, 0.1) is 0 Å². The highest BCUT2D eigenvalue weighted by molar-refractivity contribution is 5.91. The van der Waals surface area contributed by atoms with Crippen molar-refractivity contribution in [2.24, 2.45) is 0 Å². The molecule has 0 aliphatic carbocycles. The van der Waals surface area contributed by atoms with Crippen LogP contribution in [0.1, 0.15) is 47.3 Å². The fraction of sp³-hybridized carbons (Fsp3) is 0.286. The molecule has 0 radical (unpaired) electrons. The minimum Gasteiger partial charge on any atom is -0.507 e. The van der Waals surface area contributed by atoms with Gasteiger partial charge in [0.05, 0.1) is 11.4 Å². The van der Waals surface area contributed by atoms with Crippen LogP contribution in [-0.4, -0.2) is 37.5 Å². The average Bonchev–Trinajstić information content (AvgIpc) is 2.82. The lowest BCUT2D eigenvalue weighted by Gasteiger charge is -2.20. The average molecular weight is 289 g/mol. The van der Waals surface area contributed by atoms with Crippen molar-refractivity contribution < 1.29 is 19.8 Å². The largest absolute Gasteiger partial charge is 0.507 e. The van der Waals surface area contributed by atoms with Crippen molar-refractivity contribution in [1.82, 2.24) is 15.0 Å². The smallest absolute Gasteiger partial charge is 0.339 e. The first-order chi connectivity index (χ1) is 9.75. The number of benzene rings is 1. The molecule has 0 spiro atoms. The Morgan fingerprint density at radius 2 is 2.00 bits per heavy atom. The number of carboxylic acid groups (broad SMARTS) is 1. The molecule has 2 rings (SSSR count). The molecule has 1 heterocycles. The highest BCUT2D eigenvalue weighted by Crippen LogP contribution is 2.28. The Hall–Kier alpha value is -2.70. The highest BCUT2D eigenvalue weighted by atomic mass is 16.4. The number of aromatic carboxylic acids is 1. The Bertz CT molecular complexity index is 713. The number of aromatic hydroxyl groups is 1. The maximum atomic E-state index is 11.1. The molecule has 2 N–H and O–H groups in total. The number of aldehydes is 1. The third-order valence-electron chi connectivity index (χ3n) is 2.97. The van der Waals surface area contributed by atoms with E-state index in [0.29, 0.717) is 17.7 Å². The van der Waals surface area contributed by atoms with Crippen LogP contribution in [0.25, 0.3) is 5.69 Å². The summed E-state index contributed by atoms with van der Waals surface area (Å²) in [6.45, 7) is 5.69. The van der Waals surface area contributed by atoms with Crippen molar-refractivity contribution in [2.45, 2.75) is 26.2 Å². The van der Waals surface area contributed by atoms with Crippen LogP contribution in [0.2, 0.25) is 0 Å². The molecule has 0 aliphatic rings. The van der Waals surface area contributed by atoms with E-state index >= 15 is 0 Å². The van der Waals surface area contributed by atoms with E-state index in [4.69, 9.17) is 5.11 Å². The third-order valence-corrected chi connectivity index (χ3v) is 2.97. The zero-order valence-electron chi connectivity index (χ0n) is 11.9. The van der Waals surface area contributed by atoms with E-state index in [-0.39, 0.29) is 17.0 Å². The summed E-state index contributed by atoms with van der Waals surface area (Å²) < 4.78 is 1.41. The second-order valence-electron chi connectivity index (χ2n) is 5.61. The van der Waals surface area contributed by atoms with Gasteiger partial charge in [0, 0.05) is 5.41 Å². The Morgan fingerprint density at radius 1 is 1.33 bits per heavy atom. The van der Waals surface area contributed by atoms with Gasteiger partial charge in [-0.25, -0.2) is 9.48 Å². The standard InChI is InChI=1S/C14H15N3O4/c1-14(2,3)12-10(7-18)15-16-17(12)8-4-5-11(19)9(6-8)13(20)21/h4-7,19H,1-3H3,(H,20,21). The summed E-state index contributed by atoms with van der Waals surface area (Å²) in [5.74, 6) is -1.58. The molecule has 2 aromatic rings. The number of hydrogen-bond acceptors (Lipinski definition) is 5. The molecule has 1 aromatic heterocycles. The van der Waals surface area contributed by atoms with Gasteiger partial charge in [0.1, 0.15) is 17.0 Å². The van der Waals surface area contributed by atoms with Crippen LogP contribution < -0.4 is 0 Å². The lowest BCUT2D eigenvalue weighted by Crippen LogP contribution is -2.19. The van der Waals surface area contributed by atoms with E-state index < -0.39 is 11.4 Å². The SMILES string of the molecule is CC(C)(C)c1c(C=O)nnn1-c1ccc(O)c(C(=O)O)c1.